The van der Waals surface area contributed by atoms with Crippen LogP contribution in [-0.4, -0.2) is 0 Å². The van der Waals surface area contributed by atoms with E-state index in [2.05, 4.69) is 48.6 Å². The van der Waals surface area contributed by atoms with Crippen LogP contribution in [0.1, 0.15) is 109 Å². The van der Waals surface area contributed by atoms with Gasteiger partial charge in [-0.1, -0.05) is 132 Å². The summed E-state index contributed by atoms with van der Waals surface area (Å²) in [5.41, 5.74) is 0. The molecule has 0 atom stereocenters. The minimum Gasteiger partial charge on any atom is -0.0845 e. The molecule has 0 heteroatoms. The van der Waals surface area contributed by atoms with E-state index < -0.39 is 0 Å². The summed E-state index contributed by atoms with van der Waals surface area (Å²) in [5, 5.41) is 0. The first-order chi connectivity index (χ1) is 12.5. The van der Waals surface area contributed by atoms with E-state index in [0.717, 1.165) is 0 Å². The highest BCUT2D eigenvalue weighted by atomic mass is 14.0. The SMILES string of the molecule is C1=CCCCCCCCCCCCCCCCCCC=C/C=C\C=C/1. The molecular weight excluding hydrogens is 300 g/mol. The zero-order chi connectivity index (χ0) is 17.7. The number of hydrogen-bond donors (Lipinski definition) is 0. The fraction of sp³-hybridized carbons (Fsp3) is 0.680. The highest BCUT2D eigenvalue weighted by Gasteiger charge is 1.94. The van der Waals surface area contributed by atoms with Gasteiger partial charge >= 0.3 is 0 Å². The fourth-order valence-corrected chi connectivity index (χ4v) is 3.43. The summed E-state index contributed by atoms with van der Waals surface area (Å²) >= 11 is 0. The van der Waals surface area contributed by atoms with Crippen LogP contribution in [-0.2, 0) is 0 Å². The van der Waals surface area contributed by atoms with Gasteiger partial charge in [0.25, 0.3) is 0 Å². The molecular formula is C25H42. The van der Waals surface area contributed by atoms with Gasteiger partial charge in [-0.05, 0) is 25.7 Å². The van der Waals surface area contributed by atoms with E-state index in [4.69, 9.17) is 0 Å². The molecule has 0 aromatic carbocycles. The highest BCUT2D eigenvalue weighted by molar-refractivity contribution is 5.15. The van der Waals surface area contributed by atoms with Crippen molar-refractivity contribution in [3.63, 3.8) is 0 Å². The second kappa shape index (κ2) is 19.3. The molecule has 25 heavy (non-hydrogen) atoms. The van der Waals surface area contributed by atoms with Crippen LogP contribution >= 0.6 is 0 Å². The van der Waals surface area contributed by atoms with E-state index in [1.54, 1.807) is 0 Å². The van der Waals surface area contributed by atoms with Crippen molar-refractivity contribution < 1.29 is 0 Å². The van der Waals surface area contributed by atoms with Crippen LogP contribution < -0.4 is 0 Å². The maximum Gasteiger partial charge on any atom is -0.0348 e. The molecule has 0 spiro atoms. The summed E-state index contributed by atoms with van der Waals surface area (Å²) in [7, 11) is 0. The lowest BCUT2D eigenvalue weighted by atomic mass is 10.0. The summed E-state index contributed by atoms with van der Waals surface area (Å²) in [6, 6.07) is 0. The molecule has 0 unspecified atom stereocenters. The van der Waals surface area contributed by atoms with Gasteiger partial charge in [0.1, 0.15) is 0 Å². The van der Waals surface area contributed by atoms with Gasteiger partial charge in [0.15, 0.2) is 0 Å². The molecule has 0 fully saturated rings. The molecule has 1 aliphatic carbocycles. The Labute approximate surface area is 158 Å². The van der Waals surface area contributed by atoms with Crippen molar-refractivity contribution >= 4 is 0 Å². The van der Waals surface area contributed by atoms with E-state index in [0.29, 0.717) is 0 Å². The van der Waals surface area contributed by atoms with E-state index in [1.165, 1.54) is 109 Å². The lowest BCUT2D eigenvalue weighted by Crippen LogP contribution is -1.83. The smallest absolute Gasteiger partial charge is 0.0348 e. The van der Waals surface area contributed by atoms with E-state index in [1.807, 2.05) is 0 Å². The second-order valence-electron chi connectivity index (χ2n) is 7.51. The minimum atomic E-state index is 1.23. The zero-order valence-corrected chi connectivity index (χ0v) is 16.6. The summed E-state index contributed by atoms with van der Waals surface area (Å²) < 4.78 is 0. The molecule has 0 heterocycles. The topological polar surface area (TPSA) is 0 Å². The number of rotatable bonds is 0. The van der Waals surface area contributed by atoms with Crippen LogP contribution in [0.15, 0.2) is 48.6 Å². The number of hydrogen-bond acceptors (Lipinski definition) is 0. The predicted octanol–water partition coefficient (Wildman–Crippen LogP) is 8.86. The van der Waals surface area contributed by atoms with Gasteiger partial charge < -0.3 is 0 Å². The van der Waals surface area contributed by atoms with Crippen molar-refractivity contribution in [1.82, 2.24) is 0 Å². The third kappa shape index (κ3) is 17.6. The first-order valence-electron chi connectivity index (χ1n) is 11.1. The van der Waals surface area contributed by atoms with Crippen molar-refractivity contribution in [2.75, 3.05) is 0 Å². The maximum atomic E-state index is 2.31. The highest BCUT2D eigenvalue weighted by Crippen LogP contribution is 2.14. The predicted molar refractivity (Wildman–Crippen MR) is 115 cm³/mol. The van der Waals surface area contributed by atoms with Gasteiger partial charge in [-0.2, -0.15) is 0 Å². The molecule has 0 bridgehead atoms. The normalized spacial score (nSPS) is 24.0. The van der Waals surface area contributed by atoms with Crippen molar-refractivity contribution in [1.29, 1.82) is 0 Å². The molecule has 0 nitrogen and oxygen atoms in total. The van der Waals surface area contributed by atoms with Gasteiger partial charge in [0, 0.05) is 0 Å². The average molecular weight is 343 g/mol. The van der Waals surface area contributed by atoms with Crippen LogP contribution in [0.25, 0.3) is 0 Å². The Morgan fingerprint density at radius 1 is 0.240 bits per heavy atom. The summed E-state index contributed by atoms with van der Waals surface area (Å²) in [5.74, 6) is 0. The largest absolute Gasteiger partial charge is 0.0845 e. The van der Waals surface area contributed by atoms with Gasteiger partial charge in [0.2, 0.25) is 0 Å². The van der Waals surface area contributed by atoms with Crippen molar-refractivity contribution in [2.24, 2.45) is 0 Å². The van der Waals surface area contributed by atoms with E-state index in [-0.39, 0.29) is 0 Å². The minimum absolute atomic E-state index is 1.23. The Morgan fingerprint density at radius 2 is 0.480 bits per heavy atom. The molecule has 0 radical (unpaired) electrons. The molecule has 0 aliphatic heterocycles. The van der Waals surface area contributed by atoms with E-state index >= 15 is 0 Å². The van der Waals surface area contributed by atoms with Crippen LogP contribution in [0.2, 0.25) is 0 Å². The molecule has 142 valence electrons. The summed E-state index contributed by atoms with van der Waals surface area (Å²) in [4.78, 5) is 0. The second-order valence-corrected chi connectivity index (χ2v) is 7.51. The average Bonchev–Trinajstić information content (AvgIpc) is 2.62. The van der Waals surface area contributed by atoms with Crippen molar-refractivity contribution in [2.45, 2.75) is 109 Å². The first-order valence-corrected chi connectivity index (χ1v) is 11.1. The van der Waals surface area contributed by atoms with Crippen LogP contribution in [0.3, 0.4) is 0 Å². The fourth-order valence-electron chi connectivity index (χ4n) is 3.43. The quantitative estimate of drug-likeness (QED) is 0.412. The van der Waals surface area contributed by atoms with E-state index in [9.17, 15) is 0 Å². The molecule has 1 rings (SSSR count). The Balaban J connectivity index is 2.19. The molecule has 0 saturated carbocycles. The molecule has 0 aromatic heterocycles. The Bertz CT molecular complexity index is 333. The van der Waals surface area contributed by atoms with Crippen LogP contribution in [0.4, 0.5) is 0 Å². The molecule has 0 aromatic rings. The molecule has 1 aliphatic rings. The van der Waals surface area contributed by atoms with Gasteiger partial charge in [-0.3, -0.25) is 0 Å². The van der Waals surface area contributed by atoms with Gasteiger partial charge in [0.05, 0.1) is 0 Å². The maximum absolute atomic E-state index is 2.31. The standard InChI is InChI=1S/C25H42/c1-2-4-6-8-10-12-14-16-18-20-22-24-25-23-21-19-17-15-13-11-9-7-5-3-1/h1-8H,9-25H2/b3-1-,4-2-,7-5?,8-6?. The van der Waals surface area contributed by atoms with Crippen LogP contribution in [0, 0.1) is 0 Å². The van der Waals surface area contributed by atoms with Gasteiger partial charge in [-0.25, -0.2) is 0 Å². The van der Waals surface area contributed by atoms with Gasteiger partial charge in [-0.15, -0.1) is 0 Å². The van der Waals surface area contributed by atoms with Crippen molar-refractivity contribution in [3.05, 3.63) is 48.6 Å². The van der Waals surface area contributed by atoms with Crippen LogP contribution in [0.5, 0.6) is 0 Å². The first kappa shape index (κ1) is 22.0. The Morgan fingerprint density at radius 3 is 0.800 bits per heavy atom. The molecule has 0 N–H and O–H groups in total. The monoisotopic (exact) mass is 342 g/mol. The number of allylic oxidation sites excluding steroid dienone is 8. The zero-order valence-electron chi connectivity index (χ0n) is 16.6. The Hall–Kier alpha value is -1.04. The lowest BCUT2D eigenvalue weighted by molar-refractivity contribution is 0.531. The third-order valence-electron chi connectivity index (χ3n) is 5.07. The summed E-state index contributed by atoms with van der Waals surface area (Å²) in [6.45, 7) is 0. The lowest BCUT2D eigenvalue weighted by Gasteiger charge is -2.03. The molecule has 0 saturated heterocycles. The third-order valence-corrected chi connectivity index (χ3v) is 5.07. The molecule has 0 amide bonds. The van der Waals surface area contributed by atoms with Crippen molar-refractivity contribution in [3.8, 4) is 0 Å². The Kier molecular flexibility index (Phi) is 17.0. The summed E-state index contributed by atoms with van der Waals surface area (Å²) in [6.07, 6.45) is 41.5.